The van der Waals surface area contributed by atoms with Crippen molar-refractivity contribution in [3.8, 4) is 0 Å². The zero-order valence-corrected chi connectivity index (χ0v) is 14.4. The fourth-order valence-electron chi connectivity index (χ4n) is 3.70. The van der Waals surface area contributed by atoms with E-state index in [0.29, 0.717) is 0 Å². The lowest BCUT2D eigenvalue weighted by Gasteiger charge is -2.37. The van der Waals surface area contributed by atoms with Gasteiger partial charge in [0.05, 0.1) is 11.7 Å². The minimum absolute atomic E-state index is 0.0859. The molecule has 2 aliphatic heterocycles. The second kappa shape index (κ2) is 7.33. The van der Waals surface area contributed by atoms with E-state index in [2.05, 4.69) is 45.5 Å². The number of nitrogens with zero attached hydrogens (tertiary/aromatic N) is 3. The summed E-state index contributed by atoms with van der Waals surface area (Å²) in [5.41, 5.74) is 3.70. The van der Waals surface area contributed by atoms with Crippen LogP contribution in [0.3, 0.4) is 0 Å². The third kappa shape index (κ3) is 3.72. The monoisotopic (exact) mass is 336 g/mol. The molecule has 1 N–H and O–H groups in total. The Morgan fingerprint density at radius 1 is 1.04 bits per heavy atom. The van der Waals surface area contributed by atoms with Crippen molar-refractivity contribution in [3.63, 3.8) is 0 Å². The first-order valence-electron chi connectivity index (χ1n) is 9.01. The molecule has 2 aromatic rings. The molecule has 1 aromatic heterocycles. The van der Waals surface area contributed by atoms with Gasteiger partial charge in [-0.1, -0.05) is 30.3 Å². The maximum absolute atomic E-state index is 12.9. The molecular formula is C20H24N4O. The summed E-state index contributed by atoms with van der Waals surface area (Å²) in [4.78, 5) is 21.6. The van der Waals surface area contributed by atoms with Gasteiger partial charge in [0.15, 0.2) is 0 Å². The van der Waals surface area contributed by atoms with Crippen LogP contribution in [-0.4, -0.2) is 52.9 Å². The van der Waals surface area contributed by atoms with E-state index < -0.39 is 0 Å². The zero-order valence-electron chi connectivity index (χ0n) is 14.4. The second-order valence-corrected chi connectivity index (χ2v) is 6.83. The third-order valence-corrected chi connectivity index (χ3v) is 5.18. The smallest absolute Gasteiger partial charge is 0.240 e. The quantitative estimate of drug-likeness (QED) is 0.921. The summed E-state index contributed by atoms with van der Waals surface area (Å²) >= 11 is 0. The summed E-state index contributed by atoms with van der Waals surface area (Å²) in [5.74, 6) is 0.243. The predicted octanol–water partition coefficient (Wildman–Crippen LogP) is 1.44. The fourth-order valence-corrected chi connectivity index (χ4v) is 3.70. The number of pyridine rings is 1. The normalized spacial score (nSPS) is 21.0. The van der Waals surface area contributed by atoms with Gasteiger partial charge in [-0.2, -0.15) is 0 Å². The molecule has 1 saturated heterocycles. The van der Waals surface area contributed by atoms with E-state index in [1.807, 2.05) is 23.2 Å². The van der Waals surface area contributed by atoms with Crippen molar-refractivity contribution < 1.29 is 4.79 Å². The van der Waals surface area contributed by atoms with Crippen LogP contribution in [-0.2, 0) is 24.3 Å². The number of benzene rings is 1. The average molecular weight is 336 g/mol. The van der Waals surface area contributed by atoms with E-state index in [9.17, 15) is 4.79 Å². The van der Waals surface area contributed by atoms with Crippen molar-refractivity contribution >= 4 is 5.91 Å². The summed E-state index contributed by atoms with van der Waals surface area (Å²) < 4.78 is 0. The highest BCUT2D eigenvalue weighted by Crippen LogP contribution is 2.18. The maximum atomic E-state index is 12.9. The molecular weight excluding hydrogens is 312 g/mol. The summed E-state index contributed by atoms with van der Waals surface area (Å²) in [6, 6.07) is 14.3. The molecule has 5 heteroatoms. The number of piperazine rings is 1. The van der Waals surface area contributed by atoms with Crippen molar-refractivity contribution in [2.75, 3.05) is 26.2 Å². The van der Waals surface area contributed by atoms with E-state index in [0.717, 1.165) is 51.4 Å². The summed E-state index contributed by atoms with van der Waals surface area (Å²) in [7, 11) is 0. The molecule has 2 aliphatic rings. The molecule has 1 atom stereocenters. The summed E-state index contributed by atoms with van der Waals surface area (Å²) in [6.07, 6.45) is 2.63. The van der Waals surface area contributed by atoms with Crippen LogP contribution in [0.25, 0.3) is 0 Å². The lowest BCUT2D eigenvalue weighted by Crippen LogP contribution is -2.55. The molecule has 0 bridgehead atoms. The number of hydrogen-bond donors (Lipinski definition) is 1. The number of carbonyl (C=O) groups excluding carboxylic acids is 1. The van der Waals surface area contributed by atoms with Crippen molar-refractivity contribution in [3.05, 3.63) is 65.5 Å². The molecule has 1 amide bonds. The first-order chi connectivity index (χ1) is 12.3. The van der Waals surface area contributed by atoms with Crippen LogP contribution >= 0.6 is 0 Å². The van der Waals surface area contributed by atoms with E-state index in [1.54, 1.807) is 0 Å². The van der Waals surface area contributed by atoms with Crippen LogP contribution in [0.1, 0.15) is 16.8 Å². The highest BCUT2D eigenvalue weighted by Gasteiger charge is 2.29. The predicted molar refractivity (Wildman–Crippen MR) is 96.9 cm³/mol. The van der Waals surface area contributed by atoms with Gasteiger partial charge in [0.1, 0.15) is 0 Å². The molecule has 1 aromatic carbocycles. The second-order valence-electron chi connectivity index (χ2n) is 6.83. The largest absolute Gasteiger partial charge is 0.339 e. The molecule has 0 aliphatic carbocycles. The number of rotatable bonds is 3. The topological polar surface area (TPSA) is 48.5 Å². The van der Waals surface area contributed by atoms with Crippen molar-refractivity contribution in [2.45, 2.75) is 25.6 Å². The van der Waals surface area contributed by atoms with Gasteiger partial charge in [-0.05, 0) is 29.7 Å². The third-order valence-electron chi connectivity index (χ3n) is 5.18. The summed E-state index contributed by atoms with van der Waals surface area (Å²) in [6.45, 7) is 5.05. The van der Waals surface area contributed by atoms with Crippen molar-refractivity contribution in [2.24, 2.45) is 0 Å². The molecule has 4 rings (SSSR count). The Kier molecular flexibility index (Phi) is 4.76. The molecule has 5 nitrogen and oxygen atoms in total. The van der Waals surface area contributed by atoms with Crippen LogP contribution < -0.4 is 5.32 Å². The summed E-state index contributed by atoms with van der Waals surface area (Å²) in [5, 5.41) is 3.41. The molecule has 25 heavy (non-hydrogen) atoms. The van der Waals surface area contributed by atoms with E-state index in [4.69, 9.17) is 0 Å². The molecule has 0 spiro atoms. The van der Waals surface area contributed by atoms with E-state index in [1.165, 1.54) is 11.1 Å². The van der Waals surface area contributed by atoms with Gasteiger partial charge < -0.3 is 10.2 Å². The number of hydrogen-bond acceptors (Lipinski definition) is 4. The van der Waals surface area contributed by atoms with Crippen molar-refractivity contribution in [1.82, 2.24) is 20.1 Å². The minimum Gasteiger partial charge on any atom is -0.339 e. The molecule has 3 heterocycles. The Labute approximate surface area is 148 Å². The van der Waals surface area contributed by atoms with Gasteiger partial charge in [-0.15, -0.1) is 0 Å². The van der Waals surface area contributed by atoms with E-state index in [-0.39, 0.29) is 11.9 Å². The minimum atomic E-state index is -0.0859. The standard InChI is InChI=1S/C20H24N4O/c25-20(19-13-16-5-1-2-6-17(16)14-22-19)24-11-9-23(10-12-24)15-18-7-3-4-8-21-18/h1-8,19,22H,9-15H2. The molecule has 0 saturated carbocycles. The molecule has 1 fully saturated rings. The van der Waals surface area contributed by atoms with Gasteiger partial charge in [0.25, 0.3) is 0 Å². The molecule has 130 valence electrons. The Bertz CT molecular complexity index is 725. The fraction of sp³-hybridized carbons (Fsp3) is 0.400. The Morgan fingerprint density at radius 2 is 1.80 bits per heavy atom. The molecule has 0 radical (unpaired) electrons. The van der Waals surface area contributed by atoms with Gasteiger partial charge in [-0.25, -0.2) is 0 Å². The highest BCUT2D eigenvalue weighted by atomic mass is 16.2. The SMILES string of the molecule is O=C(C1Cc2ccccc2CN1)N1CCN(Cc2ccccn2)CC1. The lowest BCUT2D eigenvalue weighted by atomic mass is 9.95. The first-order valence-corrected chi connectivity index (χ1v) is 9.01. The van der Waals surface area contributed by atoms with Crippen LogP contribution in [0.5, 0.6) is 0 Å². The highest BCUT2D eigenvalue weighted by molar-refractivity contribution is 5.82. The van der Waals surface area contributed by atoms with Crippen LogP contribution in [0.2, 0.25) is 0 Å². The maximum Gasteiger partial charge on any atom is 0.240 e. The van der Waals surface area contributed by atoms with Gasteiger partial charge in [-0.3, -0.25) is 14.7 Å². The van der Waals surface area contributed by atoms with Gasteiger partial charge >= 0.3 is 0 Å². The van der Waals surface area contributed by atoms with Gasteiger partial charge in [0, 0.05) is 45.5 Å². The van der Waals surface area contributed by atoms with Crippen LogP contribution in [0.15, 0.2) is 48.7 Å². The lowest BCUT2D eigenvalue weighted by molar-refractivity contribution is -0.135. The Hall–Kier alpha value is -2.24. The first kappa shape index (κ1) is 16.2. The Balaban J connectivity index is 1.31. The number of amides is 1. The van der Waals surface area contributed by atoms with E-state index >= 15 is 0 Å². The van der Waals surface area contributed by atoms with Crippen LogP contribution in [0.4, 0.5) is 0 Å². The molecule has 1 unspecified atom stereocenters. The Morgan fingerprint density at radius 3 is 2.56 bits per heavy atom. The number of nitrogens with one attached hydrogen (secondary N) is 1. The number of aromatic nitrogens is 1. The van der Waals surface area contributed by atoms with Crippen LogP contribution in [0, 0.1) is 0 Å². The zero-order chi connectivity index (χ0) is 17.1. The van der Waals surface area contributed by atoms with Gasteiger partial charge in [0.2, 0.25) is 5.91 Å². The number of fused-ring (bicyclic) bond motifs is 1. The van der Waals surface area contributed by atoms with Crippen molar-refractivity contribution in [1.29, 1.82) is 0 Å². The average Bonchev–Trinajstić information content (AvgIpc) is 2.68. The number of carbonyl (C=O) groups is 1.